The second-order valence-corrected chi connectivity index (χ2v) is 8.16. The van der Waals surface area contributed by atoms with Crippen LogP contribution in [0.4, 0.5) is 0 Å². The lowest BCUT2D eigenvalue weighted by Gasteiger charge is -2.09. The zero-order valence-electron chi connectivity index (χ0n) is 15.3. The SMILES string of the molecule is CCOC(=O)C(C(=O)OCC)=C1SSC(=C(C(=O)OCC)C(=O)OCC)S1. The lowest BCUT2D eigenvalue weighted by atomic mass is 10.3. The highest BCUT2D eigenvalue weighted by atomic mass is 33.1. The number of esters is 4. The summed E-state index contributed by atoms with van der Waals surface area (Å²) in [7, 11) is 2.10. The Balaban J connectivity index is 3.33. The van der Waals surface area contributed by atoms with Gasteiger partial charge in [-0.3, -0.25) is 0 Å². The number of hydrogen-bond donors (Lipinski definition) is 0. The molecule has 0 bridgehead atoms. The number of hydrogen-bond acceptors (Lipinski definition) is 11. The molecule has 0 spiro atoms. The molecule has 8 nitrogen and oxygen atoms in total. The zero-order valence-corrected chi connectivity index (χ0v) is 17.8. The van der Waals surface area contributed by atoms with Crippen molar-refractivity contribution in [1.29, 1.82) is 0 Å². The van der Waals surface area contributed by atoms with Crippen LogP contribution in [-0.4, -0.2) is 50.3 Å². The molecule has 0 atom stereocenters. The molecule has 1 aliphatic heterocycles. The number of carbonyl (C=O) groups excluding carboxylic acids is 4. The van der Waals surface area contributed by atoms with Crippen molar-refractivity contribution in [2.24, 2.45) is 0 Å². The lowest BCUT2D eigenvalue weighted by Crippen LogP contribution is -2.20. The molecule has 0 radical (unpaired) electrons. The molecule has 0 aromatic heterocycles. The molecule has 0 unspecified atom stereocenters. The van der Waals surface area contributed by atoms with Crippen molar-refractivity contribution < 1.29 is 38.1 Å². The second kappa shape index (κ2) is 12.0. The van der Waals surface area contributed by atoms with Crippen LogP contribution in [0.1, 0.15) is 27.7 Å². The van der Waals surface area contributed by atoms with Gasteiger partial charge in [0.05, 0.1) is 34.9 Å². The maximum Gasteiger partial charge on any atom is 0.347 e. The molecule has 0 N–H and O–H groups in total. The van der Waals surface area contributed by atoms with Crippen LogP contribution in [0.15, 0.2) is 19.6 Å². The monoisotopic (exact) mass is 436 g/mol. The van der Waals surface area contributed by atoms with Gasteiger partial charge in [0.25, 0.3) is 0 Å². The average molecular weight is 437 g/mol. The van der Waals surface area contributed by atoms with Gasteiger partial charge in [0, 0.05) is 0 Å². The van der Waals surface area contributed by atoms with E-state index < -0.39 is 23.9 Å². The fraction of sp³-hybridized carbons (Fsp3) is 0.500. The molecule has 0 saturated carbocycles. The molecule has 1 heterocycles. The second-order valence-electron chi connectivity index (χ2n) is 4.48. The van der Waals surface area contributed by atoms with Crippen LogP contribution >= 0.6 is 33.3 Å². The van der Waals surface area contributed by atoms with Crippen LogP contribution in [0.3, 0.4) is 0 Å². The van der Waals surface area contributed by atoms with Gasteiger partial charge in [-0.1, -0.05) is 11.8 Å². The Morgan fingerprint density at radius 1 is 0.593 bits per heavy atom. The van der Waals surface area contributed by atoms with Crippen molar-refractivity contribution in [3.63, 3.8) is 0 Å². The zero-order chi connectivity index (χ0) is 20.4. The molecule has 0 aromatic carbocycles. The summed E-state index contributed by atoms with van der Waals surface area (Å²) in [6.45, 7) is 6.77. The smallest absolute Gasteiger partial charge is 0.347 e. The van der Waals surface area contributed by atoms with Gasteiger partial charge in [0.1, 0.15) is 0 Å². The van der Waals surface area contributed by atoms with Crippen LogP contribution in [0.25, 0.3) is 0 Å². The summed E-state index contributed by atoms with van der Waals surface area (Å²) < 4.78 is 20.2. The highest BCUT2D eigenvalue weighted by Crippen LogP contribution is 2.59. The molecule has 0 amide bonds. The van der Waals surface area contributed by atoms with Gasteiger partial charge in [0.2, 0.25) is 0 Å². The largest absolute Gasteiger partial charge is 0.462 e. The predicted molar refractivity (Wildman–Crippen MR) is 103 cm³/mol. The first-order chi connectivity index (χ1) is 12.9. The molecule has 11 heteroatoms. The number of rotatable bonds is 8. The Kier molecular flexibility index (Phi) is 10.4. The maximum atomic E-state index is 12.2. The van der Waals surface area contributed by atoms with Crippen molar-refractivity contribution in [3.8, 4) is 0 Å². The fourth-order valence-electron chi connectivity index (χ4n) is 1.69. The molecular formula is C16H20O8S3. The number of carbonyl (C=O) groups is 4. The quantitative estimate of drug-likeness (QED) is 0.140. The Morgan fingerprint density at radius 2 is 0.852 bits per heavy atom. The fourth-order valence-corrected chi connectivity index (χ4v) is 6.16. The first kappa shape index (κ1) is 23.4. The third-order valence-corrected chi connectivity index (χ3v) is 7.16. The minimum atomic E-state index is -0.832. The molecule has 150 valence electrons. The highest BCUT2D eigenvalue weighted by molar-refractivity contribution is 8.86. The van der Waals surface area contributed by atoms with Crippen LogP contribution < -0.4 is 0 Å². The maximum absolute atomic E-state index is 12.2. The van der Waals surface area contributed by atoms with Gasteiger partial charge in [-0.25, -0.2) is 19.2 Å². The standard InChI is InChI=1S/C16H20O8S3/c1-5-21-11(17)9(12(18)22-6-2)15-25-16(27-26-15)10(13(19)23-7-3)14(20)24-8-4/h5-8H2,1-4H3. The van der Waals surface area contributed by atoms with Gasteiger partial charge < -0.3 is 18.9 Å². The van der Waals surface area contributed by atoms with Gasteiger partial charge in [-0.2, -0.15) is 0 Å². The average Bonchev–Trinajstić information content (AvgIpc) is 3.05. The summed E-state index contributed by atoms with van der Waals surface area (Å²) in [5.41, 5.74) is -0.550. The van der Waals surface area contributed by atoms with Crippen molar-refractivity contribution in [3.05, 3.63) is 19.6 Å². The van der Waals surface area contributed by atoms with Crippen molar-refractivity contribution in [2.75, 3.05) is 26.4 Å². The van der Waals surface area contributed by atoms with Crippen LogP contribution in [-0.2, 0) is 38.1 Å². The van der Waals surface area contributed by atoms with E-state index in [9.17, 15) is 19.2 Å². The molecule has 0 aliphatic carbocycles. The molecule has 0 aromatic rings. The summed E-state index contributed by atoms with van der Waals surface area (Å²) in [6, 6.07) is 0. The summed E-state index contributed by atoms with van der Waals surface area (Å²) in [5, 5.41) is 0. The van der Waals surface area contributed by atoms with Gasteiger partial charge in [0.15, 0.2) is 11.1 Å². The Bertz CT molecular complexity index is 573. The minimum absolute atomic E-state index is 0.0804. The minimum Gasteiger partial charge on any atom is -0.462 e. The summed E-state index contributed by atoms with van der Waals surface area (Å²) in [4.78, 5) is 48.7. The van der Waals surface area contributed by atoms with Crippen LogP contribution in [0.5, 0.6) is 0 Å². The van der Waals surface area contributed by atoms with Crippen LogP contribution in [0, 0.1) is 0 Å². The molecule has 1 saturated heterocycles. The number of thioether (sulfide) groups is 1. The first-order valence-electron chi connectivity index (χ1n) is 8.10. The van der Waals surface area contributed by atoms with E-state index in [0.29, 0.717) is 0 Å². The molecular weight excluding hydrogens is 416 g/mol. The van der Waals surface area contributed by atoms with Crippen molar-refractivity contribution in [1.82, 2.24) is 0 Å². The molecule has 1 rings (SSSR count). The summed E-state index contributed by atoms with van der Waals surface area (Å²) in [5.74, 6) is -3.33. The molecule has 27 heavy (non-hydrogen) atoms. The van der Waals surface area contributed by atoms with E-state index in [1.165, 1.54) is 0 Å². The van der Waals surface area contributed by atoms with Crippen molar-refractivity contribution >= 4 is 57.2 Å². The van der Waals surface area contributed by atoms with E-state index in [0.717, 1.165) is 33.3 Å². The first-order valence-corrected chi connectivity index (χ1v) is 11.1. The Labute approximate surface area is 169 Å². The Morgan fingerprint density at radius 3 is 1.07 bits per heavy atom. The van der Waals surface area contributed by atoms with Crippen molar-refractivity contribution in [2.45, 2.75) is 27.7 Å². The summed E-state index contributed by atoms with van der Waals surface area (Å²) >= 11 is 0.925. The predicted octanol–water partition coefficient (Wildman–Crippen LogP) is 2.79. The molecule has 1 aliphatic rings. The van der Waals surface area contributed by atoms with Crippen LogP contribution in [0.2, 0.25) is 0 Å². The van der Waals surface area contributed by atoms with E-state index in [1.807, 2.05) is 0 Å². The van der Waals surface area contributed by atoms with E-state index in [-0.39, 0.29) is 46.0 Å². The third kappa shape index (κ3) is 6.51. The van der Waals surface area contributed by atoms with Gasteiger partial charge in [-0.05, 0) is 49.3 Å². The van der Waals surface area contributed by atoms with E-state index in [1.54, 1.807) is 27.7 Å². The van der Waals surface area contributed by atoms with E-state index in [4.69, 9.17) is 18.9 Å². The van der Waals surface area contributed by atoms with E-state index >= 15 is 0 Å². The number of ether oxygens (including phenoxy) is 4. The van der Waals surface area contributed by atoms with E-state index in [2.05, 4.69) is 0 Å². The van der Waals surface area contributed by atoms with Gasteiger partial charge in [-0.15, -0.1) is 0 Å². The van der Waals surface area contributed by atoms with Gasteiger partial charge >= 0.3 is 23.9 Å². The lowest BCUT2D eigenvalue weighted by molar-refractivity contribution is -0.148. The highest BCUT2D eigenvalue weighted by Gasteiger charge is 2.36. The third-order valence-electron chi connectivity index (χ3n) is 2.70. The summed E-state index contributed by atoms with van der Waals surface area (Å²) in [6.07, 6.45) is 0. The topological polar surface area (TPSA) is 105 Å². The Hall–Kier alpha value is -1.59. The molecule has 1 fully saturated rings. The normalized spacial score (nSPS) is 13.0.